The molecule has 1 rings (SSSR count). The molecule has 0 bridgehead atoms. The molecule has 29 heavy (non-hydrogen) atoms. The second-order valence-corrected chi connectivity index (χ2v) is 6.03. The molecular formula is C22H23N5O2. The van der Waals surface area contributed by atoms with Crippen LogP contribution in [0.15, 0.2) is 12.1 Å². The van der Waals surface area contributed by atoms with Gasteiger partial charge in [-0.2, -0.15) is 0 Å². The number of benzene rings is 1. The number of nitriles is 2. The smallest absolute Gasteiger partial charge is 0.272 e. The van der Waals surface area contributed by atoms with Gasteiger partial charge in [0.25, 0.3) is 11.4 Å². The Morgan fingerprint density at radius 1 is 1.03 bits per heavy atom. The molecule has 7 heteroatoms. The lowest BCUT2D eigenvalue weighted by atomic mass is 10.1. The number of rotatable bonds is 8. The minimum atomic E-state index is -0.0566. The molecule has 0 heterocycles. The molecule has 0 saturated heterocycles. The van der Waals surface area contributed by atoms with E-state index in [0.717, 1.165) is 25.3 Å². The van der Waals surface area contributed by atoms with E-state index in [-0.39, 0.29) is 11.4 Å². The number of aryl methyl sites for hydroxylation is 1. The van der Waals surface area contributed by atoms with E-state index >= 15 is 0 Å². The second kappa shape index (κ2) is 15.2. The Kier molecular flexibility index (Phi) is 13.1. The van der Waals surface area contributed by atoms with Crippen molar-refractivity contribution in [2.75, 3.05) is 6.61 Å². The van der Waals surface area contributed by atoms with E-state index in [1.165, 1.54) is 19.3 Å². The number of ether oxygens (including phenoxy) is 1. The molecule has 0 fully saturated rings. The Morgan fingerprint density at radius 3 is 2.07 bits per heavy atom. The van der Waals surface area contributed by atoms with Crippen molar-refractivity contribution in [2.45, 2.75) is 52.4 Å². The summed E-state index contributed by atoms with van der Waals surface area (Å²) in [6.07, 6.45) is 7.50. The van der Waals surface area contributed by atoms with Gasteiger partial charge in [0.15, 0.2) is 0 Å². The molecule has 148 valence electrons. The molecule has 1 N–H and O–H groups in total. The monoisotopic (exact) mass is 389 g/mol. The predicted octanol–water partition coefficient (Wildman–Crippen LogP) is 3.74. The third-order valence-electron chi connectivity index (χ3n) is 4.03. The van der Waals surface area contributed by atoms with Crippen LogP contribution in [0.2, 0.25) is 0 Å². The van der Waals surface area contributed by atoms with Crippen molar-refractivity contribution in [3.05, 3.63) is 51.0 Å². The maximum Gasteiger partial charge on any atom is 0.272 e. The van der Waals surface area contributed by atoms with Crippen LogP contribution in [-0.4, -0.2) is 12.7 Å². The molecule has 0 aliphatic heterocycles. The predicted molar refractivity (Wildman–Crippen MR) is 109 cm³/mol. The Bertz CT molecular complexity index is 976. The average Bonchev–Trinajstić information content (AvgIpc) is 2.72. The van der Waals surface area contributed by atoms with E-state index in [9.17, 15) is 5.26 Å². The van der Waals surface area contributed by atoms with Crippen molar-refractivity contribution in [3.8, 4) is 17.9 Å². The lowest BCUT2D eigenvalue weighted by molar-refractivity contribution is 0.302. The molecule has 0 saturated carbocycles. The first-order valence-corrected chi connectivity index (χ1v) is 9.15. The fraction of sp³-hybridized carbons (Fsp3) is 0.409. The Morgan fingerprint density at radius 2 is 1.55 bits per heavy atom. The summed E-state index contributed by atoms with van der Waals surface area (Å²) in [5.41, 5.74) is 0.578. The van der Waals surface area contributed by atoms with Crippen LogP contribution in [0.1, 0.15) is 51.0 Å². The molecule has 7 nitrogen and oxygen atoms in total. The third kappa shape index (κ3) is 8.55. The summed E-state index contributed by atoms with van der Waals surface area (Å²) in [5, 5.41) is 24.6. The number of nitrogens with zero attached hydrogens (tertiary/aromatic N) is 4. The number of hydrogen-bond acceptors (Lipinski definition) is 5. The van der Waals surface area contributed by atoms with Gasteiger partial charge in [-0.1, -0.05) is 50.7 Å². The van der Waals surface area contributed by atoms with Crippen LogP contribution in [0.3, 0.4) is 0 Å². The Hall–Kier alpha value is -3.90. The summed E-state index contributed by atoms with van der Waals surface area (Å²) in [6, 6.07) is 7.01. The molecule has 0 unspecified atom stereocenters. The van der Waals surface area contributed by atoms with Crippen LogP contribution in [0.5, 0.6) is 5.75 Å². The molecule has 0 amide bonds. The van der Waals surface area contributed by atoms with Crippen molar-refractivity contribution in [2.24, 2.45) is 0 Å². The van der Waals surface area contributed by atoms with Gasteiger partial charge in [0.1, 0.15) is 5.75 Å². The largest absolute Gasteiger partial charge is 0.494 e. The van der Waals surface area contributed by atoms with E-state index in [1.54, 1.807) is 19.1 Å². The van der Waals surface area contributed by atoms with Crippen molar-refractivity contribution in [1.29, 1.82) is 15.9 Å². The summed E-state index contributed by atoms with van der Waals surface area (Å²) in [6.45, 7) is 18.7. The van der Waals surface area contributed by atoms with Crippen molar-refractivity contribution >= 4 is 17.5 Å². The average molecular weight is 389 g/mol. The zero-order chi connectivity index (χ0) is 22.1. The standard InChI is InChI=1S/C21H22N4O.CHNO/c1-5-6-7-8-9-10-11-26-21-13-17(19(14-22)24-3)16(2)12-18(21)20(15-23)25-4;2-1-3/h12-13H,5-11H2,1-2H3;2H/b19-17-,20-18+;. The van der Waals surface area contributed by atoms with E-state index in [4.69, 9.17) is 33.3 Å². The third-order valence-corrected chi connectivity index (χ3v) is 4.03. The topological polar surface area (TPSA) is 106 Å². The first kappa shape index (κ1) is 25.1. The number of nitrogens with one attached hydrogen (secondary N) is 1. The molecule has 0 radical (unpaired) electrons. The molecule has 0 aliphatic rings. The highest BCUT2D eigenvalue weighted by atomic mass is 16.5. The van der Waals surface area contributed by atoms with Gasteiger partial charge >= 0.3 is 0 Å². The molecular weight excluding hydrogens is 366 g/mol. The van der Waals surface area contributed by atoms with E-state index in [0.29, 0.717) is 28.4 Å². The van der Waals surface area contributed by atoms with Gasteiger partial charge in [0, 0.05) is 5.22 Å². The lowest BCUT2D eigenvalue weighted by Crippen LogP contribution is -2.20. The fourth-order valence-corrected chi connectivity index (χ4v) is 2.60. The highest BCUT2D eigenvalue weighted by Crippen LogP contribution is 2.10. The van der Waals surface area contributed by atoms with E-state index < -0.39 is 0 Å². The molecule has 0 aliphatic carbocycles. The maximum absolute atomic E-state index is 9.20. The van der Waals surface area contributed by atoms with Gasteiger partial charge < -0.3 is 4.74 Å². The molecule has 0 atom stereocenters. The summed E-state index contributed by atoms with van der Waals surface area (Å²) in [5.74, 6) is 0.378. The highest BCUT2D eigenvalue weighted by molar-refractivity contribution is 5.70. The van der Waals surface area contributed by atoms with Crippen LogP contribution in [0.25, 0.3) is 21.1 Å². The van der Waals surface area contributed by atoms with Gasteiger partial charge in [0.05, 0.1) is 31.9 Å². The summed E-state index contributed by atoms with van der Waals surface area (Å²) in [7, 11) is 0. The molecule has 1 aromatic carbocycles. The Balaban J connectivity index is 0.00000245. The first-order valence-electron chi connectivity index (χ1n) is 9.15. The van der Waals surface area contributed by atoms with Crippen molar-refractivity contribution < 1.29 is 9.53 Å². The number of isocyanates is 1. The number of hydrogen-bond donors (Lipinski definition) is 1. The van der Waals surface area contributed by atoms with Gasteiger partial charge in [-0.25, -0.2) is 30.4 Å². The molecule has 1 aromatic rings. The molecule has 0 spiro atoms. The quantitative estimate of drug-likeness (QED) is 0.316. The van der Waals surface area contributed by atoms with Crippen molar-refractivity contribution in [1.82, 2.24) is 0 Å². The van der Waals surface area contributed by atoms with Crippen LogP contribution in [0, 0.1) is 48.1 Å². The summed E-state index contributed by atoms with van der Waals surface area (Å²) >= 11 is 0. The zero-order valence-corrected chi connectivity index (χ0v) is 16.7. The van der Waals surface area contributed by atoms with Crippen LogP contribution in [0.4, 0.5) is 0 Å². The van der Waals surface area contributed by atoms with Crippen LogP contribution < -0.4 is 15.2 Å². The van der Waals surface area contributed by atoms with Crippen LogP contribution in [-0.2, 0) is 4.79 Å². The van der Waals surface area contributed by atoms with Crippen LogP contribution >= 0.6 is 0 Å². The van der Waals surface area contributed by atoms with Gasteiger partial charge in [-0.3, -0.25) is 0 Å². The second-order valence-electron chi connectivity index (χ2n) is 6.03. The van der Waals surface area contributed by atoms with E-state index in [1.807, 2.05) is 12.1 Å². The first-order chi connectivity index (χ1) is 14.0. The zero-order valence-electron chi connectivity index (χ0n) is 16.7. The normalized spacial score (nSPS) is 11.1. The Labute approximate surface area is 171 Å². The van der Waals surface area contributed by atoms with Gasteiger partial charge in [-0.15, -0.1) is 0 Å². The van der Waals surface area contributed by atoms with E-state index in [2.05, 4.69) is 16.6 Å². The maximum atomic E-state index is 9.20. The van der Waals surface area contributed by atoms with Gasteiger partial charge in [0.2, 0.25) is 6.08 Å². The number of unbranched alkanes of at least 4 members (excludes halogenated alkanes) is 5. The summed E-state index contributed by atoms with van der Waals surface area (Å²) in [4.78, 5) is 14.9. The minimum absolute atomic E-state index is 0.0280. The lowest BCUT2D eigenvalue weighted by Gasteiger charge is -2.09. The molecule has 0 aromatic heterocycles. The van der Waals surface area contributed by atoms with Crippen molar-refractivity contribution in [3.63, 3.8) is 0 Å². The number of carbonyl (C=O) groups excluding carboxylic acids is 1. The highest BCUT2D eigenvalue weighted by Gasteiger charge is 2.08. The summed E-state index contributed by atoms with van der Waals surface area (Å²) < 4.78 is 5.82. The fourth-order valence-electron chi connectivity index (χ4n) is 2.60. The SMILES string of the molecule is N=C=O.[C-]#[N+]/C(C#N)=c1/cc(OCCCCCCCC)/c(=C(\C#N)[N+]#[C-])cc1C. The minimum Gasteiger partial charge on any atom is -0.494 e. The van der Waals surface area contributed by atoms with Gasteiger partial charge in [-0.05, 0) is 24.6 Å².